The van der Waals surface area contributed by atoms with Crippen molar-refractivity contribution in [3.8, 4) is 40.0 Å². The molecule has 2 N–H and O–H groups in total. The van der Waals surface area contributed by atoms with Gasteiger partial charge in [0.2, 0.25) is 11.4 Å². The van der Waals surface area contributed by atoms with Crippen LogP contribution in [0.4, 0.5) is 5.69 Å². The van der Waals surface area contributed by atoms with Gasteiger partial charge in [-0.3, -0.25) is 9.59 Å². The number of thiophene rings is 1. The Morgan fingerprint density at radius 3 is 2.22 bits per heavy atom. The third-order valence-corrected chi connectivity index (χ3v) is 7.77. The topological polar surface area (TPSA) is 154 Å². The van der Waals surface area contributed by atoms with E-state index in [9.17, 15) is 14.7 Å². The molecule has 2 aromatic carbocycles. The second-order valence-corrected chi connectivity index (χ2v) is 10.2. The molecule has 12 heteroatoms. The van der Waals surface area contributed by atoms with Crippen molar-refractivity contribution in [2.45, 2.75) is 20.8 Å². The maximum absolute atomic E-state index is 13.9. The van der Waals surface area contributed by atoms with E-state index in [1.165, 1.54) is 28.3 Å². The van der Waals surface area contributed by atoms with Crippen molar-refractivity contribution < 1.29 is 38.1 Å². The molecule has 41 heavy (non-hydrogen) atoms. The second-order valence-electron chi connectivity index (χ2n) is 9.23. The highest BCUT2D eigenvalue weighted by molar-refractivity contribution is 7.21. The number of nitrogen functional groups attached to an aromatic ring is 1. The maximum atomic E-state index is 13.9. The summed E-state index contributed by atoms with van der Waals surface area (Å²) >= 11 is 1.01. The molecule has 0 aliphatic rings. The number of carbonyl (C=O) groups is 2. The normalized spacial score (nSPS) is 11.1. The van der Waals surface area contributed by atoms with E-state index in [-0.39, 0.29) is 22.0 Å². The third-order valence-electron chi connectivity index (χ3n) is 6.67. The number of pyridine rings is 1. The van der Waals surface area contributed by atoms with Gasteiger partial charge < -0.3 is 29.6 Å². The summed E-state index contributed by atoms with van der Waals surface area (Å²) < 4.78 is 22.6. The summed E-state index contributed by atoms with van der Waals surface area (Å²) in [4.78, 5) is 31.9. The van der Waals surface area contributed by atoms with Crippen LogP contribution in [0.25, 0.3) is 27.0 Å². The first-order valence-corrected chi connectivity index (χ1v) is 13.2. The van der Waals surface area contributed by atoms with Crippen molar-refractivity contribution in [2.75, 3.05) is 27.1 Å². The Labute approximate surface area is 238 Å². The molecule has 0 saturated carbocycles. The number of nitrogens with two attached hydrogens (primary N) is 1. The molecule has 0 bridgehead atoms. The van der Waals surface area contributed by atoms with Crippen LogP contribution in [0.2, 0.25) is 0 Å². The summed E-state index contributed by atoms with van der Waals surface area (Å²) in [6.07, 6.45) is 0. The van der Waals surface area contributed by atoms with E-state index < -0.39 is 11.7 Å². The summed E-state index contributed by atoms with van der Waals surface area (Å²) in [5.74, 6) is -0.749. The molecule has 0 aliphatic carbocycles. The standard InChI is InChI=1S/C29H26N4O7S/c1-13-7-9-17(10-8-13)33-24(29(36)40-32-33)25(35)27-23(30)22-21(20(15(3)34)14(2)31-28(22)41-27)16-11-18(37-4)26(39-6)19(12-16)38-5/h7-12H,1-6H3,(H2-,30,32,35,36). The van der Waals surface area contributed by atoms with Crippen LogP contribution in [-0.4, -0.2) is 43.2 Å². The SMILES string of the molecule is COc1cc(-c2c(C(C)=O)c(C)nc3sc(C(=O)c4c([O-])on[n+]4-c4ccc(C)cc4)c(N)c23)cc(OC)c1OC. The van der Waals surface area contributed by atoms with Gasteiger partial charge in [-0.05, 0) is 43.1 Å². The molecule has 5 aromatic rings. The van der Waals surface area contributed by atoms with Crippen molar-refractivity contribution in [1.82, 2.24) is 10.3 Å². The summed E-state index contributed by atoms with van der Waals surface area (Å²) in [6, 6.07) is 10.5. The number of hydrogen-bond acceptors (Lipinski definition) is 11. The first-order valence-electron chi connectivity index (χ1n) is 12.4. The lowest BCUT2D eigenvalue weighted by molar-refractivity contribution is -0.672. The Bertz CT molecular complexity index is 1820. The number of aryl methyl sites for hydroxylation is 2. The van der Waals surface area contributed by atoms with Crippen molar-refractivity contribution in [3.63, 3.8) is 0 Å². The fourth-order valence-electron chi connectivity index (χ4n) is 4.79. The first-order chi connectivity index (χ1) is 19.6. The van der Waals surface area contributed by atoms with Crippen LogP contribution in [0.15, 0.2) is 40.9 Å². The molecule has 0 spiro atoms. The number of methoxy groups -OCH3 is 3. The quantitative estimate of drug-likeness (QED) is 0.213. The lowest BCUT2D eigenvalue weighted by Gasteiger charge is -2.17. The molecule has 5 rings (SSSR count). The molecular weight excluding hydrogens is 548 g/mol. The summed E-state index contributed by atoms with van der Waals surface area (Å²) in [6.45, 7) is 5.05. The van der Waals surface area contributed by atoms with E-state index in [0.717, 1.165) is 21.6 Å². The fraction of sp³-hybridized carbons (Fsp3) is 0.207. The number of carbonyl (C=O) groups excluding carboxylic acids is 2. The van der Waals surface area contributed by atoms with Gasteiger partial charge in [0.1, 0.15) is 9.71 Å². The lowest BCUT2D eigenvalue weighted by atomic mass is 9.92. The Hall–Kier alpha value is -4.97. The van der Waals surface area contributed by atoms with Crippen LogP contribution in [0.3, 0.4) is 0 Å². The lowest BCUT2D eigenvalue weighted by Crippen LogP contribution is -2.39. The van der Waals surface area contributed by atoms with E-state index in [2.05, 4.69) is 10.3 Å². The number of ether oxygens (including phenoxy) is 3. The van der Waals surface area contributed by atoms with Crippen LogP contribution in [-0.2, 0) is 0 Å². The average molecular weight is 575 g/mol. The molecule has 0 atom stereocenters. The molecule has 0 fully saturated rings. The van der Waals surface area contributed by atoms with E-state index in [1.54, 1.807) is 31.2 Å². The molecule has 0 amide bonds. The van der Waals surface area contributed by atoms with Crippen LogP contribution < -0.4 is 29.7 Å². The minimum atomic E-state index is -0.911. The average Bonchev–Trinajstić information content (AvgIpc) is 3.50. The summed E-state index contributed by atoms with van der Waals surface area (Å²) in [7, 11) is 4.46. The van der Waals surface area contributed by atoms with Gasteiger partial charge in [0.15, 0.2) is 23.2 Å². The third kappa shape index (κ3) is 4.51. The van der Waals surface area contributed by atoms with Crippen LogP contribution in [0.5, 0.6) is 23.2 Å². The highest BCUT2D eigenvalue weighted by atomic mass is 32.1. The zero-order valence-corrected chi connectivity index (χ0v) is 24.0. The minimum Gasteiger partial charge on any atom is -0.539 e. The van der Waals surface area contributed by atoms with Gasteiger partial charge in [-0.25, -0.2) is 4.98 Å². The van der Waals surface area contributed by atoms with Gasteiger partial charge in [-0.15, -0.1) is 11.3 Å². The fourth-order valence-corrected chi connectivity index (χ4v) is 5.88. The van der Waals surface area contributed by atoms with Gasteiger partial charge in [0.05, 0.1) is 38.0 Å². The van der Waals surface area contributed by atoms with Gasteiger partial charge in [0, 0.05) is 28.6 Å². The van der Waals surface area contributed by atoms with E-state index >= 15 is 0 Å². The molecular formula is C29H26N4O7S. The maximum Gasteiger partial charge on any atom is 0.312 e. The van der Waals surface area contributed by atoms with E-state index in [0.29, 0.717) is 55.5 Å². The Balaban J connectivity index is 1.79. The Morgan fingerprint density at radius 1 is 1.02 bits per heavy atom. The molecule has 210 valence electrons. The number of rotatable bonds is 8. The number of nitrogens with zero attached hydrogens (tertiary/aromatic N) is 3. The van der Waals surface area contributed by atoms with Gasteiger partial charge in [-0.2, -0.15) is 0 Å². The first kappa shape index (κ1) is 27.6. The molecule has 0 unspecified atom stereocenters. The molecule has 11 nitrogen and oxygen atoms in total. The molecule has 0 saturated heterocycles. The predicted octanol–water partition coefficient (Wildman–Crippen LogP) is 3.96. The van der Waals surface area contributed by atoms with Crippen LogP contribution in [0.1, 0.15) is 43.9 Å². The number of Topliss-reactive ketones (excluding diaryl/α,β-unsaturated/α-hetero) is 1. The molecule has 3 aromatic heterocycles. The van der Waals surface area contributed by atoms with E-state index in [4.69, 9.17) is 24.5 Å². The molecule has 0 aliphatic heterocycles. The van der Waals surface area contributed by atoms with Crippen molar-refractivity contribution in [3.05, 3.63) is 63.8 Å². The second kappa shape index (κ2) is 10.5. The summed E-state index contributed by atoms with van der Waals surface area (Å²) in [5, 5.41) is 16.9. The van der Waals surface area contributed by atoms with Gasteiger partial charge in [0.25, 0.3) is 5.78 Å². The minimum absolute atomic E-state index is 0.0578. The Morgan fingerprint density at radius 2 is 1.66 bits per heavy atom. The van der Waals surface area contributed by atoms with Crippen LogP contribution >= 0.6 is 11.3 Å². The van der Waals surface area contributed by atoms with Crippen molar-refractivity contribution in [1.29, 1.82) is 0 Å². The number of anilines is 1. The Kier molecular flexibility index (Phi) is 7.09. The zero-order chi connectivity index (χ0) is 29.6. The van der Waals surface area contributed by atoms with Crippen LogP contribution in [0, 0.1) is 13.8 Å². The predicted molar refractivity (Wildman–Crippen MR) is 150 cm³/mol. The smallest absolute Gasteiger partial charge is 0.312 e. The zero-order valence-electron chi connectivity index (χ0n) is 23.1. The molecule has 3 heterocycles. The van der Waals surface area contributed by atoms with Gasteiger partial charge in [-0.1, -0.05) is 17.7 Å². The largest absolute Gasteiger partial charge is 0.539 e. The number of ketones is 2. The number of fused-ring (bicyclic) bond motifs is 1. The number of aromatic nitrogens is 3. The van der Waals surface area contributed by atoms with Crippen molar-refractivity contribution >= 4 is 38.8 Å². The number of hydrogen-bond donors (Lipinski definition) is 1. The number of benzene rings is 2. The highest BCUT2D eigenvalue weighted by Gasteiger charge is 2.34. The molecule has 0 radical (unpaired) electrons. The van der Waals surface area contributed by atoms with Crippen molar-refractivity contribution in [2.24, 2.45) is 0 Å². The van der Waals surface area contributed by atoms with Gasteiger partial charge >= 0.3 is 5.69 Å². The highest BCUT2D eigenvalue weighted by Crippen LogP contribution is 2.47. The summed E-state index contributed by atoms with van der Waals surface area (Å²) in [5.41, 5.74) is 9.60. The monoisotopic (exact) mass is 574 g/mol. The van der Waals surface area contributed by atoms with E-state index in [1.807, 2.05) is 19.1 Å².